The topological polar surface area (TPSA) is 194 Å². The van der Waals surface area contributed by atoms with Gasteiger partial charge in [-0.3, -0.25) is 19.2 Å². The second kappa shape index (κ2) is 14.8. The van der Waals surface area contributed by atoms with E-state index in [1.165, 1.54) is 0 Å². The van der Waals surface area contributed by atoms with Gasteiger partial charge in [0.15, 0.2) is 0 Å². The Kier molecular flexibility index (Phi) is 12.6. The minimum atomic E-state index is -1.53. The van der Waals surface area contributed by atoms with Crippen LogP contribution >= 0.6 is 0 Å². The van der Waals surface area contributed by atoms with E-state index < -0.39 is 60.2 Å². The number of carbonyl (C=O) groups is 5. The Morgan fingerprint density at radius 3 is 1.97 bits per heavy atom. The van der Waals surface area contributed by atoms with E-state index in [0.29, 0.717) is 6.42 Å². The molecule has 0 saturated carbocycles. The van der Waals surface area contributed by atoms with E-state index in [9.17, 15) is 29.1 Å². The van der Waals surface area contributed by atoms with Crippen LogP contribution in [0.4, 0.5) is 0 Å². The zero-order chi connectivity index (χ0) is 27.4. The monoisotopic (exact) mass is 505 g/mol. The first-order chi connectivity index (χ1) is 16.8. The molecular formula is C25H39N5O6. The predicted octanol–water partition coefficient (Wildman–Crippen LogP) is 0.0630. The molecule has 1 rings (SSSR count). The van der Waals surface area contributed by atoms with Crippen molar-refractivity contribution in [1.82, 2.24) is 16.0 Å². The quantitative estimate of drug-likeness (QED) is 0.194. The number of hydrogen-bond acceptors (Lipinski definition) is 6. The molecule has 11 heteroatoms. The number of carbonyl (C=O) groups excluding carboxylic acids is 4. The SMILES string of the molecule is CCC(C)C(NC(=O)C(N)Cc1ccccc1)C(=O)NC(CC(C)C)C(=O)NC(CC(N)=O)C(=O)O. The zero-order valence-corrected chi connectivity index (χ0v) is 21.3. The summed E-state index contributed by atoms with van der Waals surface area (Å²) in [6, 6.07) is 4.78. The average molecular weight is 506 g/mol. The number of rotatable bonds is 15. The van der Waals surface area contributed by atoms with Crippen LogP contribution in [0, 0.1) is 11.8 Å². The van der Waals surface area contributed by atoms with Gasteiger partial charge in [-0.2, -0.15) is 0 Å². The van der Waals surface area contributed by atoms with Crippen molar-refractivity contribution in [3.05, 3.63) is 35.9 Å². The number of nitrogens with two attached hydrogens (primary N) is 2. The van der Waals surface area contributed by atoms with E-state index in [0.717, 1.165) is 5.56 Å². The lowest BCUT2D eigenvalue weighted by molar-refractivity contribution is -0.144. The number of carboxylic acids is 1. The van der Waals surface area contributed by atoms with Crippen LogP contribution in [0.25, 0.3) is 0 Å². The van der Waals surface area contributed by atoms with Gasteiger partial charge in [-0.25, -0.2) is 4.79 Å². The van der Waals surface area contributed by atoms with Crippen LogP contribution in [0.1, 0.15) is 52.5 Å². The van der Waals surface area contributed by atoms with Crippen molar-refractivity contribution in [3.63, 3.8) is 0 Å². The average Bonchev–Trinajstić information content (AvgIpc) is 2.80. The molecule has 0 saturated heterocycles. The normalized spacial score (nSPS) is 15.2. The Morgan fingerprint density at radius 2 is 1.47 bits per heavy atom. The molecule has 200 valence electrons. The second-order valence-electron chi connectivity index (χ2n) is 9.43. The van der Waals surface area contributed by atoms with Gasteiger partial charge < -0.3 is 32.5 Å². The third-order valence-electron chi connectivity index (χ3n) is 5.79. The van der Waals surface area contributed by atoms with Gasteiger partial charge >= 0.3 is 5.97 Å². The highest BCUT2D eigenvalue weighted by Gasteiger charge is 2.33. The molecule has 4 amide bonds. The second-order valence-corrected chi connectivity index (χ2v) is 9.43. The fraction of sp³-hybridized carbons (Fsp3) is 0.560. The van der Waals surface area contributed by atoms with Crippen LogP contribution < -0.4 is 27.4 Å². The van der Waals surface area contributed by atoms with E-state index in [2.05, 4.69) is 16.0 Å². The van der Waals surface area contributed by atoms with Gasteiger partial charge in [0.05, 0.1) is 12.5 Å². The first kappa shape index (κ1) is 30.6. The fourth-order valence-electron chi connectivity index (χ4n) is 3.56. The molecule has 1 aromatic rings. The van der Waals surface area contributed by atoms with Gasteiger partial charge in [-0.1, -0.05) is 64.4 Å². The number of hydrogen-bond donors (Lipinski definition) is 6. The molecule has 0 heterocycles. The van der Waals surface area contributed by atoms with Crippen molar-refractivity contribution < 1.29 is 29.1 Å². The van der Waals surface area contributed by atoms with Crippen molar-refractivity contribution >= 4 is 29.6 Å². The molecule has 5 unspecified atom stereocenters. The molecule has 0 aliphatic carbocycles. The summed E-state index contributed by atoms with van der Waals surface area (Å²) < 4.78 is 0. The van der Waals surface area contributed by atoms with Crippen molar-refractivity contribution in [2.75, 3.05) is 0 Å². The summed E-state index contributed by atoms with van der Waals surface area (Å²) in [5, 5.41) is 16.9. The first-order valence-corrected chi connectivity index (χ1v) is 12.1. The number of nitrogens with one attached hydrogen (secondary N) is 3. The smallest absolute Gasteiger partial charge is 0.326 e. The van der Waals surface area contributed by atoms with Crippen molar-refractivity contribution in [3.8, 4) is 0 Å². The summed E-state index contributed by atoms with van der Waals surface area (Å²) in [5.41, 5.74) is 12.0. The summed E-state index contributed by atoms with van der Waals surface area (Å²) in [7, 11) is 0. The van der Waals surface area contributed by atoms with Crippen molar-refractivity contribution in [2.24, 2.45) is 23.3 Å². The summed E-state index contributed by atoms with van der Waals surface area (Å²) in [5.74, 6) is -4.48. The summed E-state index contributed by atoms with van der Waals surface area (Å²) >= 11 is 0. The largest absolute Gasteiger partial charge is 0.480 e. The molecule has 0 fully saturated rings. The minimum absolute atomic E-state index is 0.0311. The number of aliphatic carboxylic acids is 1. The number of amides is 4. The molecule has 0 spiro atoms. The number of benzene rings is 1. The van der Waals surface area contributed by atoms with Gasteiger partial charge in [-0.05, 0) is 30.2 Å². The number of carboxylic acid groups (broad SMARTS) is 1. The van der Waals surface area contributed by atoms with E-state index >= 15 is 0 Å². The summed E-state index contributed by atoms with van der Waals surface area (Å²) in [4.78, 5) is 61.5. The number of primary amides is 1. The lowest BCUT2D eigenvalue weighted by Crippen LogP contribution is -2.59. The Hall–Kier alpha value is -3.47. The molecule has 0 radical (unpaired) electrons. The zero-order valence-electron chi connectivity index (χ0n) is 21.3. The lowest BCUT2D eigenvalue weighted by Gasteiger charge is -2.28. The van der Waals surface area contributed by atoms with Gasteiger partial charge in [0.25, 0.3) is 0 Å². The van der Waals surface area contributed by atoms with E-state index in [1.54, 1.807) is 6.92 Å². The Bertz CT molecular complexity index is 907. The van der Waals surface area contributed by atoms with E-state index in [-0.39, 0.29) is 24.7 Å². The van der Waals surface area contributed by atoms with E-state index in [4.69, 9.17) is 11.5 Å². The fourth-order valence-corrected chi connectivity index (χ4v) is 3.56. The molecule has 36 heavy (non-hydrogen) atoms. The third-order valence-corrected chi connectivity index (χ3v) is 5.79. The molecular weight excluding hydrogens is 466 g/mol. The molecule has 8 N–H and O–H groups in total. The third kappa shape index (κ3) is 10.4. The van der Waals surface area contributed by atoms with Gasteiger partial charge in [0.2, 0.25) is 23.6 Å². The van der Waals surface area contributed by atoms with Crippen molar-refractivity contribution in [2.45, 2.75) is 77.5 Å². The molecule has 5 atom stereocenters. The maximum Gasteiger partial charge on any atom is 0.326 e. The highest BCUT2D eigenvalue weighted by atomic mass is 16.4. The van der Waals surface area contributed by atoms with Crippen molar-refractivity contribution in [1.29, 1.82) is 0 Å². The summed E-state index contributed by atoms with van der Waals surface area (Å²) in [6.07, 6.45) is 0.465. The van der Waals surface area contributed by atoms with Crippen LogP contribution in [0.15, 0.2) is 30.3 Å². The molecule has 0 bridgehead atoms. The maximum absolute atomic E-state index is 13.2. The van der Waals surface area contributed by atoms with Crippen LogP contribution in [0.5, 0.6) is 0 Å². The first-order valence-electron chi connectivity index (χ1n) is 12.1. The van der Waals surface area contributed by atoms with Crippen LogP contribution in [-0.2, 0) is 30.4 Å². The molecule has 0 aromatic heterocycles. The highest BCUT2D eigenvalue weighted by Crippen LogP contribution is 2.12. The lowest BCUT2D eigenvalue weighted by atomic mass is 9.96. The highest BCUT2D eigenvalue weighted by molar-refractivity contribution is 5.95. The van der Waals surface area contributed by atoms with Crippen LogP contribution in [0.2, 0.25) is 0 Å². The standard InChI is InChI=1S/C25H39N5O6/c1-5-15(4)21(30-22(32)17(26)12-16-9-7-6-8-10-16)24(34)28-18(11-14(2)3)23(33)29-19(25(35)36)13-20(27)31/h6-10,14-15,17-19,21H,5,11-13,26H2,1-4H3,(H2,27,31)(H,28,34)(H,29,33)(H,30,32)(H,35,36). The van der Waals surface area contributed by atoms with Gasteiger partial charge in [0.1, 0.15) is 18.1 Å². The molecule has 1 aromatic carbocycles. The van der Waals surface area contributed by atoms with Gasteiger partial charge in [-0.15, -0.1) is 0 Å². The predicted molar refractivity (Wildman–Crippen MR) is 134 cm³/mol. The molecule has 0 aliphatic rings. The summed E-state index contributed by atoms with van der Waals surface area (Å²) in [6.45, 7) is 7.32. The molecule has 11 nitrogen and oxygen atoms in total. The maximum atomic E-state index is 13.2. The van der Waals surface area contributed by atoms with Crippen LogP contribution in [-0.4, -0.2) is 58.9 Å². The van der Waals surface area contributed by atoms with Crippen LogP contribution in [0.3, 0.4) is 0 Å². The minimum Gasteiger partial charge on any atom is -0.480 e. The van der Waals surface area contributed by atoms with E-state index in [1.807, 2.05) is 51.1 Å². The Balaban J connectivity index is 2.99. The Morgan fingerprint density at radius 1 is 0.889 bits per heavy atom. The van der Waals surface area contributed by atoms with Gasteiger partial charge in [0, 0.05) is 0 Å². The Labute approximate surface area is 211 Å². The molecule has 0 aliphatic heterocycles.